The van der Waals surface area contributed by atoms with Gasteiger partial charge in [-0.15, -0.1) is 0 Å². The monoisotopic (exact) mass is 263 g/mol. The molecule has 0 bridgehead atoms. The number of carbonyl (C=O) groups excluding carboxylic acids is 2. The third-order valence-corrected chi connectivity index (χ3v) is 3.22. The van der Waals surface area contributed by atoms with Gasteiger partial charge in [0.15, 0.2) is 0 Å². The minimum atomic E-state index is -0.336. The number of hydrogen-bond acceptors (Lipinski definition) is 4. The third kappa shape index (κ3) is 3.54. The third-order valence-electron chi connectivity index (χ3n) is 3.22. The van der Waals surface area contributed by atoms with Gasteiger partial charge < -0.3 is 15.2 Å². The molecule has 0 unspecified atom stereocenters. The maximum atomic E-state index is 11.6. The number of ether oxygens (including phenoxy) is 1. The van der Waals surface area contributed by atoms with Crippen LogP contribution in [0.1, 0.15) is 18.4 Å². The first kappa shape index (κ1) is 13.5. The molecular formula is C14H17NO4. The Hall–Kier alpha value is -1.88. The molecule has 1 aliphatic rings. The summed E-state index contributed by atoms with van der Waals surface area (Å²) in [6.07, 6.45) is 0.547. The number of rotatable bonds is 6. The lowest BCUT2D eigenvalue weighted by Gasteiger charge is -2.35. The van der Waals surface area contributed by atoms with Gasteiger partial charge in [0.05, 0.1) is 18.4 Å². The van der Waals surface area contributed by atoms with E-state index in [-0.39, 0.29) is 43.5 Å². The Kier molecular flexibility index (Phi) is 4.52. The lowest BCUT2D eigenvalue weighted by Crippen LogP contribution is -2.59. The standard InChI is InChI=1S/C14H17NO4/c16-7-6-11-12(15-14(11)18)8-13(17)19-9-10-4-2-1-3-5-10/h1-5,11-12,16H,6-9H2,(H,15,18)/t11-,12+/m0/s1. The molecule has 2 rings (SSSR count). The highest BCUT2D eigenvalue weighted by atomic mass is 16.5. The molecule has 2 N–H and O–H groups in total. The minimum Gasteiger partial charge on any atom is -0.461 e. The zero-order valence-electron chi connectivity index (χ0n) is 10.5. The van der Waals surface area contributed by atoms with Crippen molar-refractivity contribution in [3.05, 3.63) is 35.9 Å². The van der Waals surface area contributed by atoms with E-state index in [0.29, 0.717) is 6.42 Å². The van der Waals surface area contributed by atoms with Gasteiger partial charge in [-0.1, -0.05) is 30.3 Å². The second-order valence-electron chi connectivity index (χ2n) is 4.58. The normalized spacial score (nSPS) is 21.4. The van der Waals surface area contributed by atoms with Crippen molar-refractivity contribution in [3.8, 4) is 0 Å². The van der Waals surface area contributed by atoms with E-state index < -0.39 is 0 Å². The van der Waals surface area contributed by atoms with Crippen molar-refractivity contribution in [3.63, 3.8) is 0 Å². The maximum absolute atomic E-state index is 11.6. The van der Waals surface area contributed by atoms with Crippen LogP contribution in [0, 0.1) is 5.92 Å². The largest absolute Gasteiger partial charge is 0.461 e. The fourth-order valence-corrected chi connectivity index (χ4v) is 2.12. The van der Waals surface area contributed by atoms with Crippen molar-refractivity contribution in [2.24, 2.45) is 5.92 Å². The van der Waals surface area contributed by atoms with Gasteiger partial charge in [-0.05, 0) is 12.0 Å². The molecule has 0 aliphatic carbocycles. The van der Waals surface area contributed by atoms with Gasteiger partial charge in [-0.25, -0.2) is 0 Å². The van der Waals surface area contributed by atoms with E-state index >= 15 is 0 Å². The van der Waals surface area contributed by atoms with Crippen LogP contribution in [0.3, 0.4) is 0 Å². The Morgan fingerprint density at radius 2 is 2.05 bits per heavy atom. The van der Waals surface area contributed by atoms with E-state index in [1.54, 1.807) is 0 Å². The lowest BCUT2D eigenvalue weighted by molar-refractivity contribution is -0.149. The van der Waals surface area contributed by atoms with Gasteiger partial charge >= 0.3 is 5.97 Å². The van der Waals surface area contributed by atoms with Crippen molar-refractivity contribution >= 4 is 11.9 Å². The molecule has 0 spiro atoms. The molecule has 1 amide bonds. The van der Waals surface area contributed by atoms with Crippen LogP contribution in [0.15, 0.2) is 30.3 Å². The number of aliphatic hydroxyl groups is 1. The highest BCUT2D eigenvalue weighted by Crippen LogP contribution is 2.21. The van der Waals surface area contributed by atoms with Crippen molar-refractivity contribution in [2.75, 3.05) is 6.61 Å². The number of β-lactam (4-membered cyclic amide) rings is 1. The summed E-state index contributed by atoms with van der Waals surface area (Å²) < 4.78 is 5.14. The number of amides is 1. The highest BCUT2D eigenvalue weighted by molar-refractivity contribution is 5.87. The fraction of sp³-hybridized carbons (Fsp3) is 0.429. The zero-order valence-corrected chi connectivity index (χ0v) is 10.5. The van der Waals surface area contributed by atoms with Gasteiger partial charge in [0.25, 0.3) is 0 Å². The van der Waals surface area contributed by atoms with E-state index in [9.17, 15) is 9.59 Å². The molecular weight excluding hydrogens is 246 g/mol. The number of nitrogens with one attached hydrogen (secondary N) is 1. The molecule has 0 radical (unpaired) electrons. The molecule has 5 nitrogen and oxygen atoms in total. The summed E-state index contributed by atoms with van der Waals surface area (Å²) in [6, 6.07) is 9.22. The van der Waals surface area contributed by atoms with E-state index in [1.807, 2.05) is 30.3 Å². The SMILES string of the molecule is O=C(C[C@H]1NC(=O)[C@H]1CCO)OCc1ccccc1. The average molecular weight is 263 g/mol. The summed E-state index contributed by atoms with van der Waals surface area (Å²) in [5.74, 6) is -0.707. The second-order valence-corrected chi connectivity index (χ2v) is 4.58. The number of aliphatic hydroxyl groups excluding tert-OH is 1. The molecule has 1 aliphatic heterocycles. The topological polar surface area (TPSA) is 75.6 Å². The lowest BCUT2D eigenvalue weighted by atomic mass is 9.86. The van der Waals surface area contributed by atoms with Crippen LogP contribution < -0.4 is 5.32 Å². The first-order chi connectivity index (χ1) is 9.20. The molecule has 1 heterocycles. The van der Waals surface area contributed by atoms with E-state index in [4.69, 9.17) is 9.84 Å². The van der Waals surface area contributed by atoms with E-state index in [2.05, 4.69) is 5.32 Å². The maximum Gasteiger partial charge on any atom is 0.308 e. The van der Waals surface area contributed by atoms with Crippen LogP contribution in [0.2, 0.25) is 0 Å². The second kappa shape index (κ2) is 6.33. The first-order valence-electron chi connectivity index (χ1n) is 6.31. The highest BCUT2D eigenvalue weighted by Gasteiger charge is 2.39. The van der Waals surface area contributed by atoms with Gasteiger partial charge in [-0.2, -0.15) is 0 Å². The fourth-order valence-electron chi connectivity index (χ4n) is 2.12. The van der Waals surface area contributed by atoms with Crippen LogP contribution in [0.4, 0.5) is 0 Å². The number of esters is 1. The quantitative estimate of drug-likeness (QED) is 0.582. The van der Waals surface area contributed by atoms with Crippen LogP contribution in [0.5, 0.6) is 0 Å². The Morgan fingerprint density at radius 3 is 2.68 bits per heavy atom. The molecule has 0 aromatic heterocycles. The summed E-state index contributed by atoms with van der Waals surface area (Å²) in [7, 11) is 0. The van der Waals surface area contributed by atoms with Crippen LogP contribution in [-0.4, -0.2) is 29.6 Å². The van der Waals surface area contributed by atoms with Crippen LogP contribution in [-0.2, 0) is 20.9 Å². The summed E-state index contributed by atoms with van der Waals surface area (Å²) in [5.41, 5.74) is 0.931. The van der Waals surface area contributed by atoms with E-state index in [0.717, 1.165) is 5.56 Å². The van der Waals surface area contributed by atoms with Gasteiger partial charge in [-0.3, -0.25) is 9.59 Å². The molecule has 1 aromatic carbocycles. The Labute approximate surface area is 111 Å². The Bertz CT molecular complexity index is 446. The molecule has 1 aromatic rings. The number of carbonyl (C=O) groups is 2. The van der Waals surface area contributed by atoms with Crippen LogP contribution >= 0.6 is 0 Å². The number of benzene rings is 1. The number of hydrogen-bond donors (Lipinski definition) is 2. The first-order valence-corrected chi connectivity index (χ1v) is 6.31. The van der Waals surface area contributed by atoms with Gasteiger partial charge in [0.1, 0.15) is 6.61 Å². The van der Waals surface area contributed by atoms with E-state index in [1.165, 1.54) is 0 Å². The Morgan fingerprint density at radius 1 is 1.32 bits per heavy atom. The van der Waals surface area contributed by atoms with Crippen LogP contribution in [0.25, 0.3) is 0 Å². The van der Waals surface area contributed by atoms with Gasteiger partial charge in [0.2, 0.25) is 5.91 Å². The summed E-state index contributed by atoms with van der Waals surface area (Å²) in [5, 5.41) is 11.5. The molecule has 102 valence electrons. The van der Waals surface area contributed by atoms with Crippen molar-refractivity contribution in [1.29, 1.82) is 0 Å². The molecule has 1 fully saturated rings. The smallest absolute Gasteiger partial charge is 0.308 e. The average Bonchev–Trinajstić information content (AvgIpc) is 2.43. The zero-order chi connectivity index (χ0) is 13.7. The summed E-state index contributed by atoms with van der Waals surface area (Å²) >= 11 is 0. The van der Waals surface area contributed by atoms with Crippen molar-refractivity contribution in [2.45, 2.75) is 25.5 Å². The summed E-state index contributed by atoms with van der Waals surface area (Å²) in [6.45, 7) is 0.193. The van der Waals surface area contributed by atoms with Crippen molar-refractivity contribution < 1.29 is 19.4 Å². The minimum absolute atomic E-state index is 0.0480. The summed E-state index contributed by atoms with van der Waals surface area (Å²) in [4.78, 5) is 22.9. The molecule has 0 saturated carbocycles. The predicted molar refractivity (Wildman–Crippen MR) is 68.0 cm³/mol. The molecule has 5 heteroatoms. The molecule has 1 saturated heterocycles. The van der Waals surface area contributed by atoms with Gasteiger partial charge in [0, 0.05) is 6.61 Å². The Balaban J connectivity index is 1.74. The molecule has 19 heavy (non-hydrogen) atoms. The predicted octanol–water partition coefficient (Wildman–Crippen LogP) is 0.617. The molecule has 2 atom stereocenters. The van der Waals surface area contributed by atoms with Crippen molar-refractivity contribution in [1.82, 2.24) is 5.32 Å².